The maximum absolute atomic E-state index is 12.1. The van der Waals surface area contributed by atoms with E-state index in [9.17, 15) is 13.2 Å². The van der Waals surface area contributed by atoms with E-state index in [0.717, 1.165) is 6.08 Å². The maximum Gasteiger partial charge on any atom is 0.328 e. The van der Waals surface area contributed by atoms with Crippen molar-refractivity contribution in [1.29, 1.82) is 0 Å². The molecule has 6 nitrogen and oxygen atoms in total. The standard InChI is InChI=1S/C14H19NO5S/c1-11(10-20-2)9-15-21(18,19)13-5-3-4-12(8-13)6-7-14(16)17/h3-8,11,15H,9-10H2,1-2H3,(H,16,17). The van der Waals surface area contributed by atoms with E-state index in [-0.39, 0.29) is 17.4 Å². The fraction of sp³-hybridized carbons (Fsp3) is 0.357. The van der Waals surface area contributed by atoms with Crippen LogP contribution in [0.25, 0.3) is 6.08 Å². The van der Waals surface area contributed by atoms with Gasteiger partial charge >= 0.3 is 5.97 Å². The molecule has 1 aromatic rings. The molecule has 0 saturated heterocycles. The van der Waals surface area contributed by atoms with Gasteiger partial charge in [0.2, 0.25) is 10.0 Å². The van der Waals surface area contributed by atoms with Crippen molar-refractivity contribution < 1.29 is 23.1 Å². The van der Waals surface area contributed by atoms with E-state index >= 15 is 0 Å². The van der Waals surface area contributed by atoms with Gasteiger partial charge < -0.3 is 9.84 Å². The van der Waals surface area contributed by atoms with Crippen molar-refractivity contribution in [3.8, 4) is 0 Å². The molecule has 0 aliphatic heterocycles. The van der Waals surface area contributed by atoms with Crippen molar-refractivity contribution in [1.82, 2.24) is 4.72 Å². The van der Waals surface area contributed by atoms with E-state index < -0.39 is 16.0 Å². The molecule has 1 atom stereocenters. The molecule has 2 N–H and O–H groups in total. The van der Waals surface area contributed by atoms with E-state index in [0.29, 0.717) is 12.2 Å². The summed E-state index contributed by atoms with van der Waals surface area (Å²) in [5.74, 6) is -1.03. The number of methoxy groups -OCH3 is 1. The van der Waals surface area contributed by atoms with Crippen molar-refractivity contribution in [2.24, 2.45) is 5.92 Å². The van der Waals surface area contributed by atoms with E-state index in [2.05, 4.69) is 4.72 Å². The molecule has 0 aromatic heterocycles. The number of nitrogens with one attached hydrogen (secondary N) is 1. The highest BCUT2D eigenvalue weighted by atomic mass is 32.2. The van der Waals surface area contributed by atoms with Crippen molar-refractivity contribution in [3.63, 3.8) is 0 Å². The second kappa shape index (κ2) is 7.92. The SMILES string of the molecule is COCC(C)CNS(=O)(=O)c1cccc(C=CC(=O)O)c1. The average Bonchev–Trinajstić information content (AvgIpc) is 2.44. The van der Waals surface area contributed by atoms with Crippen molar-refractivity contribution >= 4 is 22.1 Å². The quantitative estimate of drug-likeness (QED) is 0.707. The molecule has 0 aliphatic rings. The molecule has 0 fully saturated rings. The minimum Gasteiger partial charge on any atom is -0.478 e. The normalized spacial score (nSPS) is 13.4. The van der Waals surface area contributed by atoms with Crippen LogP contribution in [0.2, 0.25) is 0 Å². The van der Waals surface area contributed by atoms with Gasteiger partial charge in [0.25, 0.3) is 0 Å². The largest absolute Gasteiger partial charge is 0.478 e. The van der Waals surface area contributed by atoms with Crippen LogP contribution in [-0.2, 0) is 19.6 Å². The highest BCUT2D eigenvalue weighted by molar-refractivity contribution is 7.89. The van der Waals surface area contributed by atoms with Gasteiger partial charge in [0.15, 0.2) is 0 Å². The van der Waals surface area contributed by atoms with E-state index in [4.69, 9.17) is 9.84 Å². The van der Waals surface area contributed by atoms with Crippen LogP contribution in [0.15, 0.2) is 35.2 Å². The summed E-state index contributed by atoms with van der Waals surface area (Å²) in [7, 11) is -2.06. The molecule has 0 spiro atoms. The van der Waals surface area contributed by atoms with Crippen molar-refractivity contribution in [2.45, 2.75) is 11.8 Å². The fourth-order valence-corrected chi connectivity index (χ4v) is 2.85. The van der Waals surface area contributed by atoms with E-state index in [1.807, 2.05) is 6.92 Å². The first-order valence-electron chi connectivity index (χ1n) is 6.35. The molecule has 1 rings (SSSR count). The van der Waals surface area contributed by atoms with Crippen LogP contribution in [-0.4, -0.2) is 39.8 Å². The van der Waals surface area contributed by atoms with Gasteiger partial charge in [0.1, 0.15) is 0 Å². The number of hydrogen-bond donors (Lipinski definition) is 2. The minimum atomic E-state index is -3.62. The zero-order valence-electron chi connectivity index (χ0n) is 11.9. The summed E-state index contributed by atoms with van der Waals surface area (Å²) in [6, 6.07) is 6.07. The van der Waals surface area contributed by atoms with Crippen LogP contribution >= 0.6 is 0 Å². The Balaban J connectivity index is 2.83. The van der Waals surface area contributed by atoms with E-state index in [1.165, 1.54) is 18.2 Å². The summed E-state index contributed by atoms with van der Waals surface area (Å²) in [6.07, 6.45) is 2.30. The minimum absolute atomic E-state index is 0.0554. The summed E-state index contributed by atoms with van der Waals surface area (Å²) in [5.41, 5.74) is 0.505. The summed E-state index contributed by atoms with van der Waals surface area (Å²) < 4.78 is 31.7. The summed E-state index contributed by atoms with van der Waals surface area (Å²) in [6.45, 7) is 2.60. The molecule has 0 bridgehead atoms. The second-order valence-electron chi connectivity index (χ2n) is 4.66. The summed E-state index contributed by atoms with van der Waals surface area (Å²) in [4.78, 5) is 10.6. The number of hydrogen-bond acceptors (Lipinski definition) is 4. The summed E-state index contributed by atoms with van der Waals surface area (Å²) in [5, 5.41) is 8.57. The molecule has 0 amide bonds. The van der Waals surface area contributed by atoms with E-state index in [1.54, 1.807) is 19.2 Å². The number of carboxylic acid groups (broad SMARTS) is 1. The molecule has 1 aromatic carbocycles. The Hall–Kier alpha value is -1.70. The van der Waals surface area contributed by atoms with Gasteiger partial charge in [0.05, 0.1) is 4.90 Å². The Kier molecular flexibility index (Phi) is 6.54. The zero-order valence-corrected chi connectivity index (χ0v) is 12.8. The Bertz CT molecular complexity index is 610. The zero-order chi connectivity index (χ0) is 15.9. The van der Waals surface area contributed by atoms with Gasteiger partial charge in [-0.15, -0.1) is 0 Å². The lowest BCUT2D eigenvalue weighted by Gasteiger charge is -2.12. The van der Waals surface area contributed by atoms with Gasteiger partial charge in [-0.3, -0.25) is 0 Å². The van der Waals surface area contributed by atoms with Crippen LogP contribution in [0.4, 0.5) is 0 Å². The number of benzene rings is 1. The molecule has 0 radical (unpaired) electrons. The molecule has 21 heavy (non-hydrogen) atoms. The van der Waals surface area contributed by atoms with Crippen molar-refractivity contribution in [2.75, 3.05) is 20.3 Å². The van der Waals surface area contributed by atoms with Crippen LogP contribution in [0.3, 0.4) is 0 Å². The Morgan fingerprint density at radius 3 is 2.81 bits per heavy atom. The van der Waals surface area contributed by atoms with Crippen LogP contribution in [0.5, 0.6) is 0 Å². The van der Waals surface area contributed by atoms with Gasteiger partial charge in [0, 0.05) is 26.3 Å². The number of aliphatic carboxylic acids is 1. The Morgan fingerprint density at radius 2 is 2.19 bits per heavy atom. The molecule has 0 aliphatic carbocycles. The molecule has 7 heteroatoms. The Labute approximate surface area is 124 Å². The number of sulfonamides is 1. The monoisotopic (exact) mass is 313 g/mol. The van der Waals surface area contributed by atoms with Gasteiger partial charge in [-0.1, -0.05) is 19.1 Å². The first-order valence-corrected chi connectivity index (χ1v) is 7.83. The lowest BCUT2D eigenvalue weighted by Crippen LogP contribution is -2.30. The third kappa shape index (κ3) is 6.07. The average molecular weight is 313 g/mol. The lowest BCUT2D eigenvalue weighted by atomic mass is 10.2. The predicted molar refractivity (Wildman–Crippen MR) is 79.3 cm³/mol. The highest BCUT2D eigenvalue weighted by Crippen LogP contribution is 2.13. The molecule has 0 heterocycles. The van der Waals surface area contributed by atoms with Crippen LogP contribution < -0.4 is 4.72 Å². The number of rotatable bonds is 8. The Morgan fingerprint density at radius 1 is 1.48 bits per heavy atom. The first-order chi connectivity index (χ1) is 9.85. The fourth-order valence-electron chi connectivity index (χ4n) is 1.63. The molecule has 1 unspecified atom stereocenters. The van der Waals surface area contributed by atoms with Gasteiger partial charge in [-0.2, -0.15) is 0 Å². The highest BCUT2D eigenvalue weighted by Gasteiger charge is 2.15. The lowest BCUT2D eigenvalue weighted by molar-refractivity contribution is -0.131. The second-order valence-corrected chi connectivity index (χ2v) is 6.42. The van der Waals surface area contributed by atoms with Gasteiger partial charge in [-0.25, -0.2) is 17.9 Å². The number of carboxylic acids is 1. The molecule has 0 saturated carbocycles. The number of ether oxygens (including phenoxy) is 1. The maximum atomic E-state index is 12.1. The molecule has 116 valence electrons. The number of carbonyl (C=O) groups is 1. The third-order valence-corrected chi connectivity index (χ3v) is 4.08. The molecular formula is C14H19NO5S. The van der Waals surface area contributed by atoms with Crippen LogP contribution in [0.1, 0.15) is 12.5 Å². The first kappa shape index (κ1) is 17.4. The van der Waals surface area contributed by atoms with Gasteiger partial charge in [-0.05, 0) is 29.7 Å². The van der Waals surface area contributed by atoms with Crippen LogP contribution in [0, 0.1) is 5.92 Å². The molecular weight excluding hydrogens is 294 g/mol. The predicted octanol–water partition coefficient (Wildman–Crippen LogP) is 1.35. The van der Waals surface area contributed by atoms with Crippen molar-refractivity contribution in [3.05, 3.63) is 35.9 Å². The topological polar surface area (TPSA) is 92.7 Å². The smallest absolute Gasteiger partial charge is 0.328 e. The third-order valence-electron chi connectivity index (χ3n) is 2.66. The summed E-state index contributed by atoms with van der Waals surface area (Å²) >= 11 is 0.